The van der Waals surface area contributed by atoms with Crippen molar-refractivity contribution < 1.29 is 4.79 Å². The number of nitrogens with one attached hydrogen (secondary N) is 1. The molecular formula is C16H13BrN2OS. The summed E-state index contributed by atoms with van der Waals surface area (Å²) in [6, 6.07) is 15.3. The molecule has 1 N–H and O–H groups in total. The van der Waals surface area contributed by atoms with Crippen LogP contribution in [0.4, 0.5) is 11.4 Å². The van der Waals surface area contributed by atoms with Gasteiger partial charge in [0, 0.05) is 22.9 Å². The van der Waals surface area contributed by atoms with E-state index in [4.69, 9.17) is 12.2 Å². The Morgan fingerprint density at radius 2 is 1.95 bits per heavy atom. The lowest BCUT2D eigenvalue weighted by atomic mass is 10.0. The highest BCUT2D eigenvalue weighted by Gasteiger charge is 2.37. The Bertz CT molecular complexity index is 717. The van der Waals surface area contributed by atoms with E-state index in [1.54, 1.807) is 0 Å². The Balaban J connectivity index is 1.94. The second-order valence-electron chi connectivity index (χ2n) is 4.89. The van der Waals surface area contributed by atoms with E-state index < -0.39 is 5.92 Å². The number of hydrogen-bond donors (Lipinski definition) is 1. The lowest BCUT2D eigenvalue weighted by Gasteiger charge is -2.14. The Morgan fingerprint density at radius 1 is 1.24 bits per heavy atom. The number of carbonyl (C=O) groups excluding carboxylic acids is 1. The largest absolute Gasteiger partial charge is 0.338 e. The summed E-state index contributed by atoms with van der Waals surface area (Å²) in [5.74, 6) is -0.535. The van der Waals surface area contributed by atoms with Crippen molar-refractivity contribution in [1.29, 1.82) is 0 Å². The molecule has 1 aliphatic rings. The quantitative estimate of drug-likeness (QED) is 0.823. The van der Waals surface area contributed by atoms with Gasteiger partial charge in [-0.1, -0.05) is 46.3 Å². The third kappa shape index (κ3) is 2.59. The van der Waals surface area contributed by atoms with Crippen LogP contribution in [0.15, 0.2) is 53.0 Å². The van der Waals surface area contributed by atoms with Gasteiger partial charge in [-0.15, -0.1) is 0 Å². The van der Waals surface area contributed by atoms with Gasteiger partial charge in [0.05, 0.1) is 4.99 Å². The van der Waals surface area contributed by atoms with E-state index in [1.165, 1.54) is 0 Å². The van der Waals surface area contributed by atoms with Crippen LogP contribution in [0.3, 0.4) is 0 Å². The number of para-hydroxylation sites is 1. The molecule has 3 nitrogen and oxygen atoms in total. The molecule has 0 bridgehead atoms. The molecule has 1 heterocycles. The summed E-state index contributed by atoms with van der Waals surface area (Å²) in [7, 11) is 1.89. The average molecular weight is 361 g/mol. The first-order valence-corrected chi connectivity index (χ1v) is 7.71. The van der Waals surface area contributed by atoms with Crippen molar-refractivity contribution in [2.24, 2.45) is 0 Å². The fourth-order valence-electron chi connectivity index (χ4n) is 2.50. The van der Waals surface area contributed by atoms with E-state index in [-0.39, 0.29) is 5.91 Å². The van der Waals surface area contributed by atoms with Gasteiger partial charge >= 0.3 is 0 Å². The van der Waals surface area contributed by atoms with Gasteiger partial charge in [0.25, 0.3) is 0 Å². The Labute approximate surface area is 137 Å². The van der Waals surface area contributed by atoms with Crippen LogP contribution in [0.2, 0.25) is 0 Å². The second-order valence-corrected chi connectivity index (χ2v) is 6.22. The van der Waals surface area contributed by atoms with Gasteiger partial charge in [-0.3, -0.25) is 4.79 Å². The first kappa shape index (κ1) is 14.2. The molecule has 2 aromatic carbocycles. The number of fused-ring (bicyclic) bond motifs is 1. The molecule has 0 radical (unpaired) electrons. The normalized spacial score (nSPS) is 16.8. The fourth-order valence-corrected chi connectivity index (χ4v) is 3.21. The van der Waals surface area contributed by atoms with E-state index >= 15 is 0 Å². The summed E-state index contributed by atoms with van der Waals surface area (Å²) < 4.78 is 0.942. The van der Waals surface area contributed by atoms with Crippen LogP contribution in [0.1, 0.15) is 11.5 Å². The fraction of sp³-hybridized carbons (Fsp3) is 0.125. The second kappa shape index (κ2) is 5.58. The zero-order valence-corrected chi connectivity index (χ0v) is 13.7. The topological polar surface area (TPSA) is 32.3 Å². The molecule has 21 heavy (non-hydrogen) atoms. The first-order chi connectivity index (χ1) is 10.1. The molecule has 106 valence electrons. The first-order valence-electron chi connectivity index (χ1n) is 6.51. The Hall–Kier alpha value is -1.72. The predicted molar refractivity (Wildman–Crippen MR) is 93.0 cm³/mol. The van der Waals surface area contributed by atoms with E-state index in [2.05, 4.69) is 21.2 Å². The van der Waals surface area contributed by atoms with Crippen molar-refractivity contribution in [2.75, 3.05) is 17.3 Å². The highest BCUT2D eigenvalue weighted by atomic mass is 79.9. The number of thiocarbonyl (C=S) groups is 1. The average Bonchev–Trinajstić information content (AvgIpc) is 2.71. The van der Waals surface area contributed by atoms with Crippen LogP contribution in [-0.2, 0) is 4.79 Å². The van der Waals surface area contributed by atoms with Crippen LogP contribution in [0, 0.1) is 0 Å². The maximum Gasteiger partial charge on any atom is 0.238 e. The molecule has 0 aliphatic carbocycles. The van der Waals surface area contributed by atoms with Gasteiger partial charge in [-0.05, 0) is 35.9 Å². The van der Waals surface area contributed by atoms with Gasteiger partial charge in [-0.25, -0.2) is 0 Å². The van der Waals surface area contributed by atoms with E-state index in [0.717, 1.165) is 21.4 Å². The van der Waals surface area contributed by atoms with Crippen LogP contribution in [0.25, 0.3) is 0 Å². The Kier molecular flexibility index (Phi) is 3.78. The summed E-state index contributed by atoms with van der Waals surface area (Å²) in [6.45, 7) is 0. The standard InChI is InChI=1S/C16H13BrN2OS/c1-19-13-8-7-10(17)9-12(13)14(16(19)21)15(20)18-11-5-3-2-4-6-11/h2-9,14H,1H3,(H,18,20). The molecule has 0 saturated heterocycles. The monoisotopic (exact) mass is 360 g/mol. The zero-order chi connectivity index (χ0) is 15.0. The molecule has 0 spiro atoms. The van der Waals surface area contributed by atoms with Gasteiger partial charge in [0.1, 0.15) is 5.92 Å². The molecule has 0 saturated carbocycles. The molecule has 1 unspecified atom stereocenters. The minimum atomic E-state index is -0.433. The molecule has 5 heteroatoms. The number of nitrogens with zero attached hydrogens (tertiary/aromatic N) is 1. The van der Waals surface area contributed by atoms with Gasteiger partial charge in [0.2, 0.25) is 5.91 Å². The lowest BCUT2D eigenvalue weighted by molar-refractivity contribution is -0.116. The zero-order valence-electron chi connectivity index (χ0n) is 11.3. The van der Waals surface area contributed by atoms with Crippen molar-refractivity contribution in [2.45, 2.75) is 5.92 Å². The van der Waals surface area contributed by atoms with Gasteiger partial charge in [0.15, 0.2) is 0 Å². The number of amides is 1. The lowest BCUT2D eigenvalue weighted by Crippen LogP contribution is -2.30. The van der Waals surface area contributed by atoms with E-state index in [9.17, 15) is 4.79 Å². The molecule has 0 fully saturated rings. The maximum atomic E-state index is 12.6. The molecule has 2 aromatic rings. The van der Waals surface area contributed by atoms with Crippen LogP contribution >= 0.6 is 28.1 Å². The van der Waals surface area contributed by atoms with Crippen molar-refractivity contribution >= 4 is 50.4 Å². The number of halogens is 1. The van der Waals surface area contributed by atoms with Crippen LogP contribution < -0.4 is 10.2 Å². The van der Waals surface area contributed by atoms with Crippen molar-refractivity contribution in [3.05, 3.63) is 58.6 Å². The van der Waals surface area contributed by atoms with E-state index in [0.29, 0.717) is 4.99 Å². The summed E-state index contributed by atoms with van der Waals surface area (Å²) in [5, 5.41) is 2.93. The van der Waals surface area contributed by atoms with Crippen molar-refractivity contribution in [3.8, 4) is 0 Å². The molecular weight excluding hydrogens is 348 g/mol. The molecule has 1 aliphatic heterocycles. The predicted octanol–water partition coefficient (Wildman–Crippen LogP) is 3.95. The summed E-state index contributed by atoms with van der Waals surface area (Å²) in [4.78, 5) is 15.1. The smallest absolute Gasteiger partial charge is 0.238 e. The number of anilines is 2. The maximum absolute atomic E-state index is 12.6. The SMILES string of the molecule is CN1C(=S)C(C(=O)Nc2ccccc2)c2cc(Br)ccc21. The number of carbonyl (C=O) groups is 1. The Morgan fingerprint density at radius 3 is 2.67 bits per heavy atom. The third-order valence-corrected chi connectivity index (χ3v) is 4.55. The number of hydrogen-bond acceptors (Lipinski definition) is 2. The number of benzene rings is 2. The highest BCUT2D eigenvalue weighted by Crippen LogP contribution is 2.39. The summed E-state index contributed by atoms with van der Waals surface area (Å²) >= 11 is 8.91. The van der Waals surface area contributed by atoms with Crippen LogP contribution in [0.5, 0.6) is 0 Å². The molecule has 1 amide bonds. The number of likely N-dealkylation sites (N-methyl/N-ethyl adjacent to an activating group) is 1. The van der Waals surface area contributed by atoms with Crippen LogP contribution in [-0.4, -0.2) is 17.9 Å². The number of rotatable bonds is 2. The van der Waals surface area contributed by atoms with Gasteiger partial charge < -0.3 is 10.2 Å². The minimum absolute atomic E-state index is 0.102. The van der Waals surface area contributed by atoms with E-state index in [1.807, 2.05) is 60.5 Å². The molecule has 3 rings (SSSR count). The van der Waals surface area contributed by atoms with Gasteiger partial charge in [-0.2, -0.15) is 0 Å². The summed E-state index contributed by atoms with van der Waals surface area (Å²) in [6.07, 6.45) is 0. The van der Waals surface area contributed by atoms with Crippen molar-refractivity contribution in [3.63, 3.8) is 0 Å². The third-order valence-electron chi connectivity index (χ3n) is 3.54. The molecule has 0 aromatic heterocycles. The molecule has 1 atom stereocenters. The highest BCUT2D eigenvalue weighted by molar-refractivity contribution is 9.10. The summed E-state index contributed by atoms with van der Waals surface area (Å²) in [5.41, 5.74) is 2.69. The van der Waals surface area contributed by atoms with Crippen molar-refractivity contribution in [1.82, 2.24) is 0 Å². The minimum Gasteiger partial charge on any atom is -0.338 e.